The van der Waals surface area contributed by atoms with Crippen LogP contribution >= 0.6 is 0 Å². The van der Waals surface area contributed by atoms with Crippen molar-refractivity contribution >= 4 is 16.7 Å². The maximum Gasteiger partial charge on any atom is 0.217 e. The summed E-state index contributed by atoms with van der Waals surface area (Å²) in [4.78, 5) is 11.2. The number of ether oxygens (including phenoxy) is 1. The summed E-state index contributed by atoms with van der Waals surface area (Å²) in [5.41, 5.74) is 2.60. The largest absolute Gasteiger partial charge is 0.496 e. The van der Waals surface area contributed by atoms with E-state index in [0.717, 1.165) is 30.4 Å². The van der Waals surface area contributed by atoms with Gasteiger partial charge in [-0.3, -0.25) is 4.79 Å². The number of fused-ring (bicyclic) bond motifs is 2. The Hall–Kier alpha value is -2.03. The second-order valence-corrected chi connectivity index (χ2v) is 5.41. The van der Waals surface area contributed by atoms with Crippen LogP contribution in [0.5, 0.6) is 5.75 Å². The third kappa shape index (κ3) is 2.24. The number of carbonyl (C=O) groups excluding carboxylic acids is 1. The summed E-state index contributed by atoms with van der Waals surface area (Å²) in [6.45, 7) is 1.58. The number of benzene rings is 2. The van der Waals surface area contributed by atoms with Crippen molar-refractivity contribution in [1.82, 2.24) is 5.32 Å². The van der Waals surface area contributed by atoms with Crippen molar-refractivity contribution in [3.8, 4) is 5.75 Å². The fourth-order valence-corrected chi connectivity index (χ4v) is 3.18. The van der Waals surface area contributed by atoms with Gasteiger partial charge < -0.3 is 10.1 Å². The quantitative estimate of drug-likeness (QED) is 0.910. The van der Waals surface area contributed by atoms with Gasteiger partial charge in [-0.15, -0.1) is 0 Å². The van der Waals surface area contributed by atoms with Crippen molar-refractivity contribution in [1.29, 1.82) is 0 Å². The summed E-state index contributed by atoms with van der Waals surface area (Å²) in [6.07, 6.45) is 2.83. The first-order valence-electron chi connectivity index (χ1n) is 7.03. The molecule has 1 aliphatic rings. The van der Waals surface area contributed by atoms with Gasteiger partial charge in [0.2, 0.25) is 5.91 Å². The normalized spacial score (nSPS) is 17.6. The number of rotatable bonds is 2. The minimum Gasteiger partial charge on any atom is -0.496 e. The Bertz CT molecular complexity index is 663. The van der Waals surface area contributed by atoms with E-state index in [-0.39, 0.29) is 11.9 Å². The highest BCUT2D eigenvalue weighted by atomic mass is 16.5. The van der Waals surface area contributed by atoms with Gasteiger partial charge in [-0.25, -0.2) is 0 Å². The lowest BCUT2D eigenvalue weighted by Gasteiger charge is -2.27. The van der Waals surface area contributed by atoms with Crippen LogP contribution in [-0.2, 0) is 17.6 Å². The molecule has 0 bridgehead atoms. The summed E-state index contributed by atoms with van der Waals surface area (Å²) < 4.78 is 5.67. The molecule has 1 aliphatic carbocycles. The Morgan fingerprint density at radius 2 is 2.15 bits per heavy atom. The molecule has 0 heterocycles. The van der Waals surface area contributed by atoms with E-state index in [1.165, 1.54) is 16.5 Å². The van der Waals surface area contributed by atoms with Gasteiger partial charge >= 0.3 is 0 Å². The zero-order valence-corrected chi connectivity index (χ0v) is 11.9. The van der Waals surface area contributed by atoms with Crippen LogP contribution in [0.25, 0.3) is 10.8 Å². The first-order valence-corrected chi connectivity index (χ1v) is 7.03. The molecule has 3 heteroatoms. The zero-order valence-electron chi connectivity index (χ0n) is 11.9. The van der Waals surface area contributed by atoms with Crippen LogP contribution < -0.4 is 10.1 Å². The van der Waals surface area contributed by atoms with E-state index in [0.29, 0.717) is 0 Å². The SMILES string of the molecule is COc1c2c(cc3ccccc13)CCC(NC(C)=O)C2. The molecular formula is C17H19NO2. The molecule has 20 heavy (non-hydrogen) atoms. The van der Waals surface area contributed by atoms with Crippen molar-refractivity contribution in [2.45, 2.75) is 32.2 Å². The van der Waals surface area contributed by atoms with E-state index in [9.17, 15) is 4.79 Å². The van der Waals surface area contributed by atoms with E-state index in [1.807, 2.05) is 6.07 Å². The molecule has 0 fully saturated rings. The third-order valence-electron chi connectivity index (χ3n) is 4.02. The van der Waals surface area contributed by atoms with Crippen LogP contribution in [0.4, 0.5) is 0 Å². The van der Waals surface area contributed by atoms with Gasteiger partial charge in [0.05, 0.1) is 7.11 Å². The summed E-state index contributed by atoms with van der Waals surface area (Å²) in [7, 11) is 1.73. The number of hydrogen-bond donors (Lipinski definition) is 1. The summed E-state index contributed by atoms with van der Waals surface area (Å²) in [6, 6.07) is 10.8. The molecule has 0 saturated heterocycles. The second-order valence-electron chi connectivity index (χ2n) is 5.41. The Morgan fingerprint density at radius 3 is 2.90 bits per heavy atom. The van der Waals surface area contributed by atoms with Crippen molar-refractivity contribution in [3.63, 3.8) is 0 Å². The lowest BCUT2D eigenvalue weighted by Crippen LogP contribution is -2.37. The summed E-state index contributed by atoms with van der Waals surface area (Å²) in [5, 5.41) is 5.40. The lowest BCUT2D eigenvalue weighted by molar-refractivity contribution is -0.119. The molecule has 1 unspecified atom stereocenters. The molecule has 0 spiro atoms. The van der Waals surface area contributed by atoms with E-state index >= 15 is 0 Å². The molecule has 1 N–H and O–H groups in total. The highest BCUT2D eigenvalue weighted by molar-refractivity contribution is 5.90. The van der Waals surface area contributed by atoms with Crippen molar-refractivity contribution in [3.05, 3.63) is 41.5 Å². The second kappa shape index (κ2) is 5.16. The predicted octanol–water partition coefficient (Wildman–Crippen LogP) is 2.84. The van der Waals surface area contributed by atoms with E-state index in [2.05, 4.69) is 29.6 Å². The Kier molecular flexibility index (Phi) is 3.35. The van der Waals surface area contributed by atoms with Crippen LogP contribution in [0.2, 0.25) is 0 Å². The van der Waals surface area contributed by atoms with Gasteiger partial charge in [0.1, 0.15) is 5.75 Å². The van der Waals surface area contributed by atoms with Gasteiger partial charge in [-0.1, -0.05) is 30.3 Å². The Morgan fingerprint density at radius 1 is 1.35 bits per heavy atom. The van der Waals surface area contributed by atoms with Gasteiger partial charge in [0, 0.05) is 23.9 Å². The number of amides is 1. The first kappa shape index (κ1) is 13.0. The maximum atomic E-state index is 11.2. The van der Waals surface area contributed by atoms with Gasteiger partial charge in [-0.05, 0) is 30.2 Å². The van der Waals surface area contributed by atoms with Crippen LogP contribution in [-0.4, -0.2) is 19.1 Å². The molecule has 2 aromatic carbocycles. The molecular weight excluding hydrogens is 250 g/mol. The Labute approximate surface area is 118 Å². The molecule has 2 aromatic rings. The van der Waals surface area contributed by atoms with Crippen molar-refractivity contribution in [2.24, 2.45) is 0 Å². The number of hydrogen-bond acceptors (Lipinski definition) is 2. The number of methoxy groups -OCH3 is 1. The molecule has 0 aliphatic heterocycles. The molecule has 104 valence electrons. The summed E-state index contributed by atoms with van der Waals surface area (Å²) >= 11 is 0. The molecule has 1 atom stereocenters. The standard InChI is InChI=1S/C17H19NO2/c1-11(19)18-14-8-7-13-9-12-5-3-4-6-15(12)17(20-2)16(13)10-14/h3-6,9,14H,7-8,10H2,1-2H3,(H,18,19). The fraction of sp³-hybridized carbons (Fsp3) is 0.353. The van der Waals surface area contributed by atoms with Gasteiger partial charge in [0.25, 0.3) is 0 Å². The van der Waals surface area contributed by atoms with Crippen LogP contribution in [0.15, 0.2) is 30.3 Å². The molecule has 1 amide bonds. The molecule has 0 saturated carbocycles. The topological polar surface area (TPSA) is 38.3 Å². The number of nitrogens with one attached hydrogen (secondary N) is 1. The smallest absolute Gasteiger partial charge is 0.217 e. The summed E-state index contributed by atoms with van der Waals surface area (Å²) in [5.74, 6) is 1.01. The minimum absolute atomic E-state index is 0.0400. The van der Waals surface area contributed by atoms with E-state index in [4.69, 9.17) is 4.74 Å². The number of carbonyl (C=O) groups is 1. The lowest BCUT2D eigenvalue weighted by atomic mass is 9.85. The highest BCUT2D eigenvalue weighted by Crippen LogP contribution is 2.36. The molecule has 3 rings (SSSR count). The minimum atomic E-state index is 0.0400. The maximum absolute atomic E-state index is 11.2. The average molecular weight is 269 g/mol. The molecule has 0 radical (unpaired) electrons. The van der Waals surface area contributed by atoms with Crippen LogP contribution in [0.3, 0.4) is 0 Å². The van der Waals surface area contributed by atoms with Gasteiger partial charge in [-0.2, -0.15) is 0 Å². The van der Waals surface area contributed by atoms with Gasteiger partial charge in [0.15, 0.2) is 0 Å². The zero-order chi connectivity index (χ0) is 14.1. The van der Waals surface area contributed by atoms with Crippen LogP contribution in [0, 0.1) is 0 Å². The van der Waals surface area contributed by atoms with E-state index in [1.54, 1.807) is 14.0 Å². The van der Waals surface area contributed by atoms with Crippen molar-refractivity contribution < 1.29 is 9.53 Å². The molecule has 3 nitrogen and oxygen atoms in total. The van der Waals surface area contributed by atoms with E-state index < -0.39 is 0 Å². The average Bonchev–Trinajstić information content (AvgIpc) is 2.44. The number of aryl methyl sites for hydroxylation is 1. The predicted molar refractivity (Wildman–Crippen MR) is 80.1 cm³/mol. The van der Waals surface area contributed by atoms with Crippen LogP contribution in [0.1, 0.15) is 24.5 Å². The highest BCUT2D eigenvalue weighted by Gasteiger charge is 2.23. The van der Waals surface area contributed by atoms with Crippen molar-refractivity contribution in [2.75, 3.05) is 7.11 Å². The molecule has 0 aromatic heterocycles. The fourth-order valence-electron chi connectivity index (χ4n) is 3.18. The Balaban J connectivity index is 2.08. The monoisotopic (exact) mass is 269 g/mol. The first-order chi connectivity index (χ1) is 9.69. The third-order valence-corrected chi connectivity index (χ3v) is 4.02.